The maximum Gasteiger partial charge on any atom is 0.338 e. The number of fused-ring (bicyclic) bond motifs is 4. The van der Waals surface area contributed by atoms with Crippen LogP contribution in [0.15, 0.2) is 41.5 Å². The lowest BCUT2D eigenvalue weighted by atomic mass is 9.47. The maximum atomic E-state index is 13.2. The smallest absolute Gasteiger partial charge is 0.338 e. The summed E-state index contributed by atoms with van der Waals surface area (Å²) in [6.07, 6.45) is 9.09. The predicted molar refractivity (Wildman–Crippen MR) is 152 cm³/mol. The monoisotopic (exact) mass is 522 g/mol. The van der Waals surface area contributed by atoms with E-state index in [9.17, 15) is 15.0 Å². The van der Waals surface area contributed by atoms with Gasteiger partial charge in [-0.3, -0.25) is 0 Å². The SMILES string of the molecule is CC(C)CCC[C@@H](C)[C@H]1C[C@H](O)C2=C3[C@H](O)C[C@H]4CCCC(OC(=O)c5ccccc5)[C@]4(C)[C@H]3CC[C@@]21C. The summed E-state index contributed by atoms with van der Waals surface area (Å²) in [5.41, 5.74) is 2.60. The highest BCUT2D eigenvalue weighted by atomic mass is 16.5. The Morgan fingerprint density at radius 1 is 1.00 bits per heavy atom. The van der Waals surface area contributed by atoms with Crippen LogP contribution in [0, 0.1) is 40.4 Å². The zero-order valence-corrected chi connectivity index (χ0v) is 24.3. The highest BCUT2D eigenvalue weighted by molar-refractivity contribution is 5.89. The van der Waals surface area contributed by atoms with Crippen LogP contribution in [0.4, 0.5) is 0 Å². The van der Waals surface area contributed by atoms with Crippen molar-refractivity contribution in [3.63, 3.8) is 0 Å². The van der Waals surface area contributed by atoms with Crippen molar-refractivity contribution >= 4 is 5.97 Å². The highest BCUT2D eigenvalue weighted by Gasteiger charge is 2.62. The summed E-state index contributed by atoms with van der Waals surface area (Å²) in [4.78, 5) is 13.2. The van der Waals surface area contributed by atoms with Gasteiger partial charge in [-0.05, 0) is 103 Å². The standard InChI is InChI=1S/C34H50O4/c1-21(2)11-9-12-22(3)26-20-28(36)31-30-25(17-18-33(26,31)4)34(5)24(19-27(30)35)15-10-16-29(34)38-32(37)23-13-7-6-8-14-23/h6-8,13-14,21-22,24-29,35-36H,9-12,15-20H2,1-5H3/t22-,24-,25+,26-,27-,28+,29?,33-,34+/m1/s1. The molecule has 0 heterocycles. The Labute approximate surface area is 230 Å². The van der Waals surface area contributed by atoms with E-state index in [4.69, 9.17) is 4.74 Å². The third-order valence-corrected chi connectivity index (χ3v) is 11.5. The van der Waals surface area contributed by atoms with E-state index in [2.05, 4.69) is 34.6 Å². The number of aliphatic hydroxyl groups is 2. The Bertz CT molecular complexity index is 1030. The fourth-order valence-electron chi connectivity index (χ4n) is 9.46. The van der Waals surface area contributed by atoms with Gasteiger partial charge in [-0.2, -0.15) is 0 Å². The van der Waals surface area contributed by atoms with E-state index >= 15 is 0 Å². The Kier molecular flexibility index (Phi) is 7.88. The molecule has 0 aromatic heterocycles. The second-order valence-electron chi connectivity index (χ2n) is 14.0. The molecule has 1 aromatic rings. The average Bonchev–Trinajstić information content (AvgIpc) is 3.16. The van der Waals surface area contributed by atoms with E-state index in [1.54, 1.807) is 0 Å². The lowest BCUT2D eigenvalue weighted by Gasteiger charge is -2.59. The Morgan fingerprint density at radius 3 is 2.45 bits per heavy atom. The normalized spacial score (nSPS) is 39.4. The first-order valence-corrected chi connectivity index (χ1v) is 15.4. The van der Waals surface area contributed by atoms with Gasteiger partial charge in [-0.1, -0.05) is 72.1 Å². The first-order valence-electron chi connectivity index (χ1n) is 15.4. The molecule has 0 saturated heterocycles. The van der Waals surface area contributed by atoms with Gasteiger partial charge in [-0.15, -0.1) is 0 Å². The van der Waals surface area contributed by atoms with Crippen LogP contribution in [-0.2, 0) is 4.74 Å². The summed E-state index contributed by atoms with van der Waals surface area (Å²) in [7, 11) is 0. The molecule has 0 bridgehead atoms. The zero-order valence-electron chi connectivity index (χ0n) is 24.3. The van der Waals surface area contributed by atoms with Crippen molar-refractivity contribution in [2.45, 2.75) is 117 Å². The van der Waals surface area contributed by atoms with Gasteiger partial charge in [-0.25, -0.2) is 4.79 Å². The number of aliphatic hydroxyl groups excluding tert-OH is 2. The van der Waals surface area contributed by atoms with Gasteiger partial charge in [0, 0.05) is 5.41 Å². The number of esters is 1. The summed E-state index contributed by atoms with van der Waals surface area (Å²) in [6.45, 7) is 11.7. The maximum absolute atomic E-state index is 13.2. The molecule has 1 aromatic carbocycles. The van der Waals surface area contributed by atoms with Crippen LogP contribution in [0.5, 0.6) is 0 Å². The molecule has 0 radical (unpaired) electrons. The molecule has 0 spiro atoms. The molecule has 0 aliphatic heterocycles. The molecule has 0 amide bonds. The van der Waals surface area contributed by atoms with Crippen LogP contribution in [0.25, 0.3) is 0 Å². The van der Waals surface area contributed by atoms with Crippen LogP contribution in [0.3, 0.4) is 0 Å². The first-order chi connectivity index (χ1) is 18.1. The molecule has 4 aliphatic rings. The molecule has 4 aliphatic carbocycles. The van der Waals surface area contributed by atoms with Crippen molar-refractivity contribution in [1.82, 2.24) is 0 Å². The molecule has 3 fully saturated rings. The average molecular weight is 523 g/mol. The molecule has 4 heteroatoms. The Morgan fingerprint density at radius 2 is 1.74 bits per heavy atom. The van der Waals surface area contributed by atoms with E-state index < -0.39 is 12.2 Å². The molecule has 9 atom stereocenters. The van der Waals surface area contributed by atoms with Crippen molar-refractivity contribution in [3.8, 4) is 0 Å². The summed E-state index contributed by atoms with van der Waals surface area (Å²) in [5.74, 6) is 1.96. The van der Waals surface area contributed by atoms with E-state index in [0.29, 0.717) is 29.7 Å². The van der Waals surface area contributed by atoms with Crippen LogP contribution in [0.2, 0.25) is 0 Å². The van der Waals surface area contributed by atoms with Crippen molar-refractivity contribution in [1.29, 1.82) is 0 Å². The van der Waals surface area contributed by atoms with Gasteiger partial charge in [0.1, 0.15) is 6.10 Å². The highest BCUT2D eigenvalue weighted by Crippen LogP contribution is 2.66. The Hall–Kier alpha value is -1.65. The molecule has 4 nitrogen and oxygen atoms in total. The fraction of sp³-hybridized carbons (Fsp3) is 0.735. The number of carbonyl (C=O) groups excluding carboxylic acids is 1. The number of hydrogen-bond donors (Lipinski definition) is 2. The van der Waals surface area contributed by atoms with Gasteiger partial charge in [0.15, 0.2) is 0 Å². The van der Waals surface area contributed by atoms with E-state index in [1.165, 1.54) is 19.3 Å². The van der Waals surface area contributed by atoms with Gasteiger partial charge in [0.05, 0.1) is 17.8 Å². The molecular formula is C34H50O4. The van der Waals surface area contributed by atoms with Crippen LogP contribution >= 0.6 is 0 Å². The van der Waals surface area contributed by atoms with Crippen LogP contribution in [-0.4, -0.2) is 34.5 Å². The quantitative estimate of drug-likeness (QED) is 0.290. The summed E-state index contributed by atoms with van der Waals surface area (Å²) < 4.78 is 6.31. The summed E-state index contributed by atoms with van der Waals surface area (Å²) >= 11 is 0. The molecule has 1 unspecified atom stereocenters. The lowest BCUT2D eigenvalue weighted by Crippen LogP contribution is -2.57. The topological polar surface area (TPSA) is 66.8 Å². The number of rotatable bonds is 7. The van der Waals surface area contributed by atoms with Crippen molar-refractivity contribution in [2.75, 3.05) is 0 Å². The van der Waals surface area contributed by atoms with E-state index in [1.807, 2.05) is 30.3 Å². The largest absolute Gasteiger partial charge is 0.458 e. The van der Waals surface area contributed by atoms with Crippen molar-refractivity contribution in [3.05, 3.63) is 47.0 Å². The second-order valence-corrected chi connectivity index (χ2v) is 14.0. The van der Waals surface area contributed by atoms with Gasteiger partial charge < -0.3 is 14.9 Å². The number of hydrogen-bond acceptors (Lipinski definition) is 4. The fourth-order valence-corrected chi connectivity index (χ4v) is 9.46. The van der Waals surface area contributed by atoms with Crippen molar-refractivity contribution in [2.24, 2.45) is 40.4 Å². The number of benzene rings is 1. The third kappa shape index (κ3) is 4.68. The predicted octanol–water partition coefficient (Wildman–Crippen LogP) is 7.34. The minimum atomic E-state index is -0.499. The van der Waals surface area contributed by atoms with E-state index in [-0.39, 0.29) is 28.8 Å². The molecule has 3 saturated carbocycles. The molecule has 2 N–H and O–H groups in total. The summed E-state index contributed by atoms with van der Waals surface area (Å²) in [5, 5.41) is 23.2. The zero-order chi connectivity index (χ0) is 27.2. The summed E-state index contributed by atoms with van der Waals surface area (Å²) in [6, 6.07) is 9.33. The van der Waals surface area contributed by atoms with Crippen molar-refractivity contribution < 1.29 is 19.7 Å². The Balaban J connectivity index is 1.45. The van der Waals surface area contributed by atoms with Crippen LogP contribution < -0.4 is 0 Å². The minimum absolute atomic E-state index is 0.0580. The number of carbonyl (C=O) groups is 1. The third-order valence-electron chi connectivity index (χ3n) is 11.5. The second kappa shape index (κ2) is 10.7. The number of ether oxygens (including phenoxy) is 1. The first kappa shape index (κ1) is 27.9. The van der Waals surface area contributed by atoms with E-state index in [0.717, 1.165) is 55.6 Å². The van der Waals surface area contributed by atoms with Gasteiger partial charge >= 0.3 is 5.97 Å². The van der Waals surface area contributed by atoms with Gasteiger partial charge in [0.25, 0.3) is 0 Å². The minimum Gasteiger partial charge on any atom is -0.458 e. The molecule has 38 heavy (non-hydrogen) atoms. The lowest BCUT2D eigenvalue weighted by molar-refractivity contribution is -0.120. The molecular weight excluding hydrogens is 472 g/mol. The van der Waals surface area contributed by atoms with Gasteiger partial charge in [0.2, 0.25) is 0 Å². The molecule has 210 valence electrons. The molecule has 5 rings (SSSR count). The van der Waals surface area contributed by atoms with Crippen LogP contribution in [0.1, 0.15) is 109 Å².